The van der Waals surface area contributed by atoms with Gasteiger partial charge in [0.05, 0.1) is 11.4 Å². The zero-order chi connectivity index (χ0) is 10.7. The van der Waals surface area contributed by atoms with E-state index >= 15 is 0 Å². The first kappa shape index (κ1) is 11.2. The van der Waals surface area contributed by atoms with Crippen LogP contribution in [0.5, 0.6) is 0 Å². The SMILES string of the molecule is CCc1cc(C(N)C(C)C)n(CC)n1. The zero-order valence-electron chi connectivity index (χ0n) is 9.62. The number of aryl methyl sites for hydroxylation is 2. The number of rotatable bonds is 4. The number of hydrogen-bond donors (Lipinski definition) is 1. The Morgan fingerprint density at radius 3 is 2.50 bits per heavy atom. The molecule has 1 rings (SSSR count). The molecule has 0 amide bonds. The van der Waals surface area contributed by atoms with Crippen LogP contribution in [0, 0.1) is 5.92 Å². The summed E-state index contributed by atoms with van der Waals surface area (Å²) in [5.41, 5.74) is 8.42. The molecule has 1 unspecified atom stereocenters. The van der Waals surface area contributed by atoms with Crippen molar-refractivity contribution in [2.45, 2.75) is 46.7 Å². The van der Waals surface area contributed by atoms with Gasteiger partial charge in [-0.15, -0.1) is 0 Å². The lowest BCUT2D eigenvalue weighted by Gasteiger charge is -2.16. The van der Waals surface area contributed by atoms with Crippen molar-refractivity contribution in [1.82, 2.24) is 9.78 Å². The van der Waals surface area contributed by atoms with Crippen LogP contribution >= 0.6 is 0 Å². The lowest BCUT2D eigenvalue weighted by atomic mass is 10.0. The second-order valence-corrected chi connectivity index (χ2v) is 4.00. The summed E-state index contributed by atoms with van der Waals surface area (Å²) >= 11 is 0. The Hall–Kier alpha value is -0.830. The molecule has 1 aromatic rings. The molecule has 2 N–H and O–H groups in total. The predicted molar refractivity (Wildman–Crippen MR) is 59.0 cm³/mol. The average Bonchev–Trinajstić information content (AvgIpc) is 2.59. The molecule has 0 spiro atoms. The molecule has 0 saturated heterocycles. The van der Waals surface area contributed by atoms with E-state index in [-0.39, 0.29) is 6.04 Å². The molecule has 0 fully saturated rings. The second kappa shape index (κ2) is 4.60. The number of aromatic nitrogens is 2. The van der Waals surface area contributed by atoms with Crippen LogP contribution in [0.3, 0.4) is 0 Å². The highest BCUT2D eigenvalue weighted by Gasteiger charge is 2.16. The molecule has 3 nitrogen and oxygen atoms in total. The smallest absolute Gasteiger partial charge is 0.0625 e. The lowest BCUT2D eigenvalue weighted by molar-refractivity contribution is 0.466. The quantitative estimate of drug-likeness (QED) is 0.799. The van der Waals surface area contributed by atoms with E-state index in [1.807, 2.05) is 4.68 Å². The van der Waals surface area contributed by atoms with Crippen molar-refractivity contribution < 1.29 is 0 Å². The summed E-state index contributed by atoms with van der Waals surface area (Å²) in [5, 5.41) is 4.49. The molecule has 0 aliphatic heterocycles. The summed E-state index contributed by atoms with van der Waals surface area (Å²) in [7, 11) is 0. The van der Waals surface area contributed by atoms with Crippen molar-refractivity contribution in [2.24, 2.45) is 11.7 Å². The van der Waals surface area contributed by atoms with Crippen LogP contribution in [0.15, 0.2) is 6.07 Å². The van der Waals surface area contributed by atoms with E-state index in [4.69, 9.17) is 5.73 Å². The molecule has 3 heteroatoms. The Balaban J connectivity index is 2.99. The lowest BCUT2D eigenvalue weighted by Crippen LogP contribution is -2.20. The largest absolute Gasteiger partial charge is 0.322 e. The van der Waals surface area contributed by atoms with Gasteiger partial charge >= 0.3 is 0 Å². The van der Waals surface area contributed by atoms with Crippen LogP contribution in [-0.4, -0.2) is 9.78 Å². The van der Waals surface area contributed by atoms with E-state index in [0.717, 1.165) is 18.7 Å². The van der Waals surface area contributed by atoms with E-state index in [2.05, 4.69) is 38.9 Å². The van der Waals surface area contributed by atoms with Crippen LogP contribution in [0.4, 0.5) is 0 Å². The van der Waals surface area contributed by atoms with Gasteiger partial charge in [-0.25, -0.2) is 0 Å². The molecule has 80 valence electrons. The van der Waals surface area contributed by atoms with E-state index in [0.29, 0.717) is 5.92 Å². The van der Waals surface area contributed by atoms with Gasteiger partial charge in [-0.1, -0.05) is 20.8 Å². The fourth-order valence-electron chi connectivity index (χ4n) is 1.52. The van der Waals surface area contributed by atoms with Gasteiger partial charge in [-0.2, -0.15) is 5.10 Å². The van der Waals surface area contributed by atoms with E-state index in [1.54, 1.807) is 0 Å². The van der Waals surface area contributed by atoms with Gasteiger partial charge in [-0.05, 0) is 25.3 Å². The number of hydrogen-bond acceptors (Lipinski definition) is 2. The molecule has 0 radical (unpaired) electrons. The molecular formula is C11H21N3. The first-order chi connectivity index (χ1) is 6.60. The Kier molecular flexibility index (Phi) is 3.69. The van der Waals surface area contributed by atoms with Crippen LogP contribution < -0.4 is 5.73 Å². The summed E-state index contributed by atoms with van der Waals surface area (Å²) in [4.78, 5) is 0. The maximum absolute atomic E-state index is 6.12. The Morgan fingerprint density at radius 2 is 2.07 bits per heavy atom. The monoisotopic (exact) mass is 195 g/mol. The minimum absolute atomic E-state index is 0.0998. The predicted octanol–water partition coefficient (Wildman–Crippen LogP) is 2.12. The summed E-state index contributed by atoms with van der Waals surface area (Å²) in [6, 6.07) is 2.23. The van der Waals surface area contributed by atoms with Gasteiger partial charge in [0.1, 0.15) is 0 Å². The maximum Gasteiger partial charge on any atom is 0.0625 e. The van der Waals surface area contributed by atoms with Gasteiger partial charge in [-0.3, -0.25) is 4.68 Å². The van der Waals surface area contributed by atoms with Crippen molar-refractivity contribution in [2.75, 3.05) is 0 Å². The second-order valence-electron chi connectivity index (χ2n) is 4.00. The normalized spacial score (nSPS) is 13.6. The first-order valence-electron chi connectivity index (χ1n) is 5.42. The summed E-state index contributed by atoms with van der Waals surface area (Å²) < 4.78 is 2.02. The molecular weight excluding hydrogens is 174 g/mol. The van der Waals surface area contributed by atoms with E-state index < -0.39 is 0 Å². The third-order valence-electron chi connectivity index (χ3n) is 2.58. The topological polar surface area (TPSA) is 43.8 Å². The van der Waals surface area contributed by atoms with Crippen LogP contribution in [-0.2, 0) is 13.0 Å². The summed E-state index contributed by atoms with van der Waals surface area (Å²) in [5.74, 6) is 0.460. The van der Waals surface area contributed by atoms with Crippen molar-refractivity contribution in [3.05, 3.63) is 17.5 Å². The zero-order valence-corrected chi connectivity index (χ0v) is 9.62. The average molecular weight is 195 g/mol. The molecule has 14 heavy (non-hydrogen) atoms. The molecule has 0 aliphatic carbocycles. The van der Waals surface area contributed by atoms with Crippen molar-refractivity contribution >= 4 is 0 Å². The third-order valence-corrected chi connectivity index (χ3v) is 2.58. The first-order valence-corrected chi connectivity index (χ1v) is 5.42. The van der Waals surface area contributed by atoms with Gasteiger partial charge < -0.3 is 5.73 Å². The molecule has 1 heterocycles. The maximum atomic E-state index is 6.12. The Morgan fingerprint density at radius 1 is 1.43 bits per heavy atom. The van der Waals surface area contributed by atoms with Gasteiger partial charge in [0.2, 0.25) is 0 Å². The molecule has 0 aliphatic rings. The summed E-state index contributed by atoms with van der Waals surface area (Å²) in [6.07, 6.45) is 0.977. The highest BCUT2D eigenvalue weighted by molar-refractivity contribution is 5.14. The van der Waals surface area contributed by atoms with E-state index in [9.17, 15) is 0 Å². The molecule has 0 aromatic carbocycles. The fourth-order valence-corrected chi connectivity index (χ4v) is 1.52. The molecule has 1 aromatic heterocycles. The van der Waals surface area contributed by atoms with Crippen molar-refractivity contribution in [1.29, 1.82) is 0 Å². The molecule has 0 bridgehead atoms. The van der Waals surface area contributed by atoms with E-state index in [1.165, 1.54) is 5.69 Å². The summed E-state index contributed by atoms with van der Waals surface area (Å²) in [6.45, 7) is 9.40. The van der Waals surface area contributed by atoms with Gasteiger partial charge in [0.25, 0.3) is 0 Å². The van der Waals surface area contributed by atoms with Gasteiger partial charge in [0, 0.05) is 12.6 Å². The highest BCUT2D eigenvalue weighted by Crippen LogP contribution is 2.20. The van der Waals surface area contributed by atoms with Crippen molar-refractivity contribution in [3.8, 4) is 0 Å². The van der Waals surface area contributed by atoms with Gasteiger partial charge in [0.15, 0.2) is 0 Å². The fraction of sp³-hybridized carbons (Fsp3) is 0.727. The minimum Gasteiger partial charge on any atom is -0.322 e. The van der Waals surface area contributed by atoms with Crippen LogP contribution in [0.1, 0.15) is 45.1 Å². The number of nitrogens with zero attached hydrogens (tertiary/aromatic N) is 2. The third kappa shape index (κ3) is 2.15. The Bertz CT molecular complexity index is 289. The highest BCUT2D eigenvalue weighted by atomic mass is 15.3. The Labute approximate surface area is 86.3 Å². The molecule has 0 saturated carbocycles. The number of nitrogens with two attached hydrogens (primary N) is 1. The standard InChI is InChI=1S/C11H21N3/c1-5-9-7-10(11(12)8(3)4)14(6-2)13-9/h7-8,11H,5-6,12H2,1-4H3. The van der Waals surface area contributed by atoms with Crippen molar-refractivity contribution in [3.63, 3.8) is 0 Å². The van der Waals surface area contributed by atoms with Crippen LogP contribution in [0.2, 0.25) is 0 Å². The molecule has 1 atom stereocenters. The van der Waals surface area contributed by atoms with Crippen LogP contribution in [0.25, 0.3) is 0 Å². The minimum atomic E-state index is 0.0998.